The van der Waals surface area contributed by atoms with Crippen LogP contribution in [0, 0.1) is 0 Å². The molecule has 0 saturated carbocycles. The number of hydrogen-bond acceptors (Lipinski definition) is 2. The molecule has 0 aromatic heterocycles. The van der Waals surface area contributed by atoms with Crippen molar-refractivity contribution in [3.05, 3.63) is 11.6 Å². The molecule has 0 amide bonds. The topological polar surface area (TPSA) is 32.6 Å². The number of aliphatic hydroxyl groups is 1. The van der Waals surface area contributed by atoms with Gasteiger partial charge in [0.1, 0.15) is 0 Å². The van der Waals surface area contributed by atoms with Crippen molar-refractivity contribution in [1.82, 2.24) is 0 Å². The lowest BCUT2D eigenvalue weighted by atomic mass is 10.3. The molecule has 0 saturated heterocycles. The van der Waals surface area contributed by atoms with E-state index in [9.17, 15) is 0 Å². The van der Waals surface area contributed by atoms with Crippen LogP contribution < -0.4 is 0 Å². The van der Waals surface area contributed by atoms with E-state index in [1.807, 2.05) is 6.92 Å². The van der Waals surface area contributed by atoms with Crippen LogP contribution in [0.5, 0.6) is 0 Å². The monoisotopic (exact) mass is 141 g/mol. The molecular weight excluding hydrogens is 126 g/mol. The third-order valence-electron chi connectivity index (χ3n) is 1.05. The highest BCUT2D eigenvalue weighted by molar-refractivity contribution is 5.77. The molecule has 2 nitrogen and oxygen atoms in total. The minimum Gasteiger partial charge on any atom is -0.394 e. The van der Waals surface area contributed by atoms with Crippen molar-refractivity contribution in [3.63, 3.8) is 0 Å². The quantitative estimate of drug-likeness (QED) is 0.590. The van der Waals surface area contributed by atoms with E-state index in [1.165, 1.54) is 0 Å². The van der Waals surface area contributed by atoms with E-state index in [2.05, 4.69) is 18.0 Å². The lowest BCUT2D eigenvalue weighted by molar-refractivity contribution is 0.307. The standard InChI is InChI=1S/C8H15NO/c1-3-4-8(2)7-9-5-6-10/h4,7,10H,3,5-6H2,1-2H3/b8-4-,9-7?. The van der Waals surface area contributed by atoms with Crippen molar-refractivity contribution in [3.8, 4) is 0 Å². The smallest absolute Gasteiger partial charge is 0.0626 e. The number of aliphatic hydroxyl groups excluding tert-OH is 1. The van der Waals surface area contributed by atoms with E-state index >= 15 is 0 Å². The van der Waals surface area contributed by atoms with Crippen LogP contribution in [-0.4, -0.2) is 24.5 Å². The van der Waals surface area contributed by atoms with Gasteiger partial charge in [0.25, 0.3) is 0 Å². The van der Waals surface area contributed by atoms with Crippen molar-refractivity contribution in [2.45, 2.75) is 20.3 Å². The van der Waals surface area contributed by atoms with E-state index in [4.69, 9.17) is 5.11 Å². The summed E-state index contributed by atoms with van der Waals surface area (Å²) in [6.45, 7) is 4.73. The molecule has 0 heterocycles. The molecule has 0 aliphatic rings. The normalized spacial score (nSPS) is 12.9. The maximum Gasteiger partial charge on any atom is 0.0626 e. The molecule has 0 aliphatic heterocycles. The van der Waals surface area contributed by atoms with Crippen LogP contribution in [0.1, 0.15) is 20.3 Å². The van der Waals surface area contributed by atoms with E-state index in [1.54, 1.807) is 6.21 Å². The summed E-state index contributed by atoms with van der Waals surface area (Å²) in [4.78, 5) is 3.97. The van der Waals surface area contributed by atoms with Crippen LogP contribution in [0.2, 0.25) is 0 Å². The number of nitrogens with zero attached hydrogens (tertiary/aromatic N) is 1. The average Bonchev–Trinajstić information content (AvgIpc) is 1.89. The first-order chi connectivity index (χ1) is 4.81. The molecule has 0 radical (unpaired) electrons. The molecule has 10 heavy (non-hydrogen) atoms. The molecule has 0 rings (SSSR count). The van der Waals surface area contributed by atoms with Gasteiger partial charge in [-0.3, -0.25) is 4.99 Å². The summed E-state index contributed by atoms with van der Waals surface area (Å²) in [7, 11) is 0. The molecule has 0 aliphatic carbocycles. The van der Waals surface area contributed by atoms with Gasteiger partial charge < -0.3 is 5.11 Å². The summed E-state index contributed by atoms with van der Waals surface area (Å²) in [6.07, 6.45) is 4.93. The Morgan fingerprint density at radius 3 is 2.80 bits per heavy atom. The molecule has 0 aromatic rings. The first-order valence-corrected chi connectivity index (χ1v) is 3.58. The van der Waals surface area contributed by atoms with Crippen molar-refractivity contribution in [2.24, 2.45) is 4.99 Å². The van der Waals surface area contributed by atoms with Gasteiger partial charge in [-0.1, -0.05) is 13.0 Å². The largest absolute Gasteiger partial charge is 0.394 e. The van der Waals surface area contributed by atoms with Gasteiger partial charge in [0.2, 0.25) is 0 Å². The Balaban J connectivity index is 3.55. The number of allylic oxidation sites excluding steroid dienone is 2. The molecule has 0 fully saturated rings. The van der Waals surface area contributed by atoms with Gasteiger partial charge >= 0.3 is 0 Å². The Morgan fingerprint density at radius 2 is 2.30 bits per heavy atom. The average molecular weight is 141 g/mol. The predicted molar refractivity (Wildman–Crippen MR) is 44.5 cm³/mol. The maximum absolute atomic E-state index is 8.38. The second kappa shape index (κ2) is 6.49. The van der Waals surface area contributed by atoms with E-state index in [-0.39, 0.29) is 6.61 Å². The molecule has 0 aromatic carbocycles. The van der Waals surface area contributed by atoms with Gasteiger partial charge in [0.15, 0.2) is 0 Å². The van der Waals surface area contributed by atoms with Gasteiger partial charge in [-0.25, -0.2) is 0 Å². The van der Waals surface area contributed by atoms with Gasteiger partial charge in [-0.2, -0.15) is 0 Å². The zero-order chi connectivity index (χ0) is 7.82. The second-order valence-corrected chi connectivity index (χ2v) is 2.12. The maximum atomic E-state index is 8.38. The van der Waals surface area contributed by atoms with Crippen LogP contribution in [0.25, 0.3) is 0 Å². The SMILES string of the molecule is CC/C=C(/C)C=NCCO. The van der Waals surface area contributed by atoms with Crippen molar-refractivity contribution >= 4 is 6.21 Å². The Bertz CT molecular complexity index is 127. The van der Waals surface area contributed by atoms with Crippen molar-refractivity contribution in [1.29, 1.82) is 0 Å². The van der Waals surface area contributed by atoms with Gasteiger partial charge in [-0.15, -0.1) is 0 Å². The first kappa shape index (κ1) is 9.37. The zero-order valence-electron chi connectivity index (χ0n) is 6.67. The fourth-order valence-corrected chi connectivity index (χ4v) is 0.641. The van der Waals surface area contributed by atoms with Crippen LogP contribution in [0.3, 0.4) is 0 Å². The summed E-state index contributed by atoms with van der Waals surface area (Å²) < 4.78 is 0. The lowest BCUT2D eigenvalue weighted by Gasteiger charge is -1.88. The Labute approximate surface area is 62.3 Å². The third kappa shape index (κ3) is 5.51. The van der Waals surface area contributed by atoms with E-state index in [0.29, 0.717) is 6.54 Å². The molecule has 0 bridgehead atoms. The van der Waals surface area contributed by atoms with Crippen molar-refractivity contribution in [2.75, 3.05) is 13.2 Å². The van der Waals surface area contributed by atoms with Gasteiger partial charge in [0, 0.05) is 6.21 Å². The lowest BCUT2D eigenvalue weighted by Crippen LogP contribution is -1.88. The zero-order valence-corrected chi connectivity index (χ0v) is 6.67. The third-order valence-corrected chi connectivity index (χ3v) is 1.05. The second-order valence-electron chi connectivity index (χ2n) is 2.12. The van der Waals surface area contributed by atoms with Crippen molar-refractivity contribution < 1.29 is 5.11 Å². The molecule has 2 heteroatoms. The molecule has 0 spiro atoms. The number of aliphatic imine (C=N–C) groups is 1. The van der Waals surface area contributed by atoms with E-state index in [0.717, 1.165) is 12.0 Å². The Kier molecular flexibility index (Phi) is 6.08. The molecule has 0 atom stereocenters. The molecule has 1 N–H and O–H groups in total. The van der Waals surface area contributed by atoms with E-state index < -0.39 is 0 Å². The van der Waals surface area contributed by atoms with Gasteiger partial charge in [0.05, 0.1) is 13.2 Å². The number of hydrogen-bond donors (Lipinski definition) is 1. The summed E-state index contributed by atoms with van der Waals surface area (Å²) in [5.41, 5.74) is 1.16. The molecule has 0 unspecified atom stereocenters. The first-order valence-electron chi connectivity index (χ1n) is 3.58. The minimum absolute atomic E-state index is 0.135. The highest BCUT2D eigenvalue weighted by Gasteiger charge is 1.79. The fraction of sp³-hybridized carbons (Fsp3) is 0.625. The minimum atomic E-state index is 0.135. The summed E-state index contributed by atoms with van der Waals surface area (Å²) in [5, 5.41) is 8.38. The molecule has 58 valence electrons. The van der Waals surface area contributed by atoms with Crippen LogP contribution in [-0.2, 0) is 0 Å². The summed E-state index contributed by atoms with van der Waals surface area (Å²) in [6, 6.07) is 0. The van der Waals surface area contributed by atoms with Crippen LogP contribution in [0.4, 0.5) is 0 Å². The predicted octanol–water partition coefficient (Wildman–Crippen LogP) is 1.41. The van der Waals surface area contributed by atoms with Crippen LogP contribution in [0.15, 0.2) is 16.6 Å². The summed E-state index contributed by atoms with van der Waals surface area (Å²) >= 11 is 0. The summed E-state index contributed by atoms with van der Waals surface area (Å²) in [5.74, 6) is 0. The van der Waals surface area contributed by atoms with Gasteiger partial charge in [-0.05, 0) is 18.9 Å². The fourth-order valence-electron chi connectivity index (χ4n) is 0.641. The Morgan fingerprint density at radius 1 is 1.60 bits per heavy atom. The highest BCUT2D eigenvalue weighted by Crippen LogP contribution is 1.89. The Hall–Kier alpha value is -0.630. The van der Waals surface area contributed by atoms with Crippen LogP contribution >= 0.6 is 0 Å². The highest BCUT2D eigenvalue weighted by atomic mass is 16.3. The molecular formula is C8H15NO. The number of rotatable bonds is 4.